The first kappa shape index (κ1) is 13.8. The zero-order valence-corrected chi connectivity index (χ0v) is 11.4. The summed E-state index contributed by atoms with van der Waals surface area (Å²) >= 11 is 0. The number of hydrogen-bond acceptors (Lipinski definition) is 3. The predicted molar refractivity (Wildman–Crippen MR) is 71.4 cm³/mol. The van der Waals surface area contributed by atoms with Crippen molar-refractivity contribution in [3.05, 3.63) is 0 Å². The summed E-state index contributed by atoms with van der Waals surface area (Å²) in [5, 5.41) is 6.47. The van der Waals surface area contributed by atoms with E-state index < -0.39 is 0 Å². The van der Waals surface area contributed by atoms with Crippen molar-refractivity contribution in [2.24, 2.45) is 5.92 Å². The third-order valence-corrected chi connectivity index (χ3v) is 4.15. The molecule has 1 saturated heterocycles. The average molecular weight is 254 g/mol. The number of nitrogens with one attached hydrogen (secondary N) is 2. The zero-order chi connectivity index (χ0) is 12.8. The van der Waals surface area contributed by atoms with Crippen molar-refractivity contribution in [3.63, 3.8) is 0 Å². The fourth-order valence-electron chi connectivity index (χ4n) is 2.82. The van der Waals surface area contributed by atoms with Gasteiger partial charge in [-0.25, -0.2) is 0 Å². The highest BCUT2D eigenvalue weighted by atomic mass is 16.5. The summed E-state index contributed by atoms with van der Waals surface area (Å²) in [7, 11) is 0. The number of amides is 1. The topological polar surface area (TPSA) is 50.4 Å². The maximum absolute atomic E-state index is 11.8. The van der Waals surface area contributed by atoms with Gasteiger partial charge in [0, 0.05) is 25.3 Å². The van der Waals surface area contributed by atoms with E-state index in [0.29, 0.717) is 18.6 Å². The maximum Gasteiger partial charge on any atom is 0.234 e. The van der Waals surface area contributed by atoms with Gasteiger partial charge in [0.25, 0.3) is 0 Å². The van der Waals surface area contributed by atoms with Crippen LogP contribution in [0.15, 0.2) is 0 Å². The molecule has 1 heterocycles. The predicted octanol–water partition coefficient (Wildman–Crippen LogP) is 1.45. The SMILES string of the molecule is CC1CCC(NCC(=O)NC2CCOCC2)CC1. The molecule has 2 aliphatic rings. The third kappa shape index (κ3) is 4.58. The summed E-state index contributed by atoms with van der Waals surface area (Å²) in [6.07, 6.45) is 6.91. The lowest BCUT2D eigenvalue weighted by Crippen LogP contribution is -2.45. The number of ether oxygens (including phenoxy) is 1. The second-order valence-electron chi connectivity index (χ2n) is 5.79. The molecule has 1 amide bonds. The Labute approximate surface area is 110 Å². The van der Waals surface area contributed by atoms with Gasteiger partial charge >= 0.3 is 0 Å². The van der Waals surface area contributed by atoms with Crippen LogP contribution in [0, 0.1) is 5.92 Å². The maximum atomic E-state index is 11.8. The zero-order valence-electron chi connectivity index (χ0n) is 11.4. The van der Waals surface area contributed by atoms with E-state index in [1.165, 1.54) is 25.7 Å². The summed E-state index contributed by atoms with van der Waals surface area (Å²) in [5.74, 6) is 1.000. The van der Waals surface area contributed by atoms with E-state index in [2.05, 4.69) is 17.6 Å². The Kier molecular flexibility index (Phi) is 5.45. The molecule has 18 heavy (non-hydrogen) atoms. The van der Waals surface area contributed by atoms with Gasteiger partial charge in [-0.15, -0.1) is 0 Å². The molecule has 2 fully saturated rings. The van der Waals surface area contributed by atoms with E-state index in [0.717, 1.165) is 32.0 Å². The second-order valence-corrected chi connectivity index (χ2v) is 5.79. The molecule has 0 bridgehead atoms. The van der Waals surface area contributed by atoms with Gasteiger partial charge in [-0.2, -0.15) is 0 Å². The molecule has 0 aromatic carbocycles. The van der Waals surface area contributed by atoms with E-state index in [4.69, 9.17) is 4.74 Å². The Hall–Kier alpha value is -0.610. The highest BCUT2D eigenvalue weighted by molar-refractivity contribution is 5.78. The largest absolute Gasteiger partial charge is 0.381 e. The molecule has 4 heteroatoms. The van der Waals surface area contributed by atoms with Gasteiger partial charge in [0.1, 0.15) is 0 Å². The fourth-order valence-corrected chi connectivity index (χ4v) is 2.82. The monoisotopic (exact) mass is 254 g/mol. The summed E-state index contributed by atoms with van der Waals surface area (Å²) in [5.41, 5.74) is 0. The molecule has 0 radical (unpaired) electrons. The van der Waals surface area contributed by atoms with Gasteiger partial charge < -0.3 is 15.4 Å². The van der Waals surface area contributed by atoms with Crippen molar-refractivity contribution in [2.75, 3.05) is 19.8 Å². The first-order valence-electron chi connectivity index (χ1n) is 7.34. The molecule has 0 aromatic rings. The van der Waals surface area contributed by atoms with Crippen LogP contribution in [0.2, 0.25) is 0 Å². The second kappa shape index (κ2) is 7.10. The molecule has 1 aliphatic carbocycles. The van der Waals surface area contributed by atoms with E-state index >= 15 is 0 Å². The highest BCUT2D eigenvalue weighted by Crippen LogP contribution is 2.23. The molecule has 0 unspecified atom stereocenters. The first-order valence-corrected chi connectivity index (χ1v) is 7.34. The van der Waals surface area contributed by atoms with E-state index in [-0.39, 0.29) is 5.91 Å². The van der Waals surface area contributed by atoms with E-state index in [1.807, 2.05) is 0 Å². The number of carbonyl (C=O) groups is 1. The van der Waals surface area contributed by atoms with Crippen LogP contribution >= 0.6 is 0 Å². The van der Waals surface area contributed by atoms with Crippen molar-refractivity contribution < 1.29 is 9.53 Å². The summed E-state index contributed by atoms with van der Waals surface area (Å²) in [6.45, 7) is 4.34. The van der Waals surface area contributed by atoms with Gasteiger partial charge in [-0.3, -0.25) is 4.79 Å². The average Bonchev–Trinajstić information content (AvgIpc) is 2.39. The van der Waals surface area contributed by atoms with Crippen LogP contribution < -0.4 is 10.6 Å². The van der Waals surface area contributed by atoms with Crippen LogP contribution in [0.1, 0.15) is 45.4 Å². The normalized spacial score (nSPS) is 30.1. The minimum atomic E-state index is 0.139. The highest BCUT2D eigenvalue weighted by Gasteiger charge is 2.19. The lowest BCUT2D eigenvalue weighted by atomic mass is 9.87. The third-order valence-electron chi connectivity index (χ3n) is 4.15. The smallest absolute Gasteiger partial charge is 0.234 e. The minimum absolute atomic E-state index is 0.139. The first-order chi connectivity index (χ1) is 8.74. The molecule has 0 aromatic heterocycles. The van der Waals surface area contributed by atoms with Crippen LogP contribution in [0.4, 0.5) is 0 Å². The lowest BCUT2D eigenvalue weighted by molar-refractivity contribution is -0.121. The Balaban J connectivity index is 1.59. The van der Waals surface area contributed by atoms with Gasteiger partial charge in [-0.1, -0.05) is 6.92 Å². The number of hydrogen-bond donors (Lipinski definition) is 2. The van der Waals surface area contributed by atoms with E-state index in [9.17, 15) is 4.79 Å². The summed E-state index contributed by atoms with van der Waals surface area (Å²) < 4.78 is 5.28. The lowest BCUT2D eigenvalue weighted by Gasteiger charge is -2.27. The summed E-state index contributed by atoms with van der Waals surface area (Å²) in [6, 6.07) is 0.862. The van der Waals surface area contributed by atoms with Crippen LogP contribution in [0.3, 0.4) is 0 Å². The standard InChI is InChI=1S/C14H26N2O2/c1-11-2-4-12(5-3-11)15-10-14(17)16-13-6-8-18-9-7-13/h11-13,15H,2-10H2,1H3,(H,16,17). The molecule has 1 saturated carbocycles. The molecular weight excluding hydrogens is 228 g/mol. The molecular formula is C14H26N2O2. The molecule has 4 nitrogen and oxygen atoms in total. The van der Waals surface area contributed by atoms with Gasteiger partial charge in [-0.05, 0) is 44.4 Å². The molecule has 0 spiro atoms. The molecule has 104 valence electrons. The molecule has 1 aliphatic heterocycles. The number of carbonyl (C=O) groups excluding carboxylic acids is 1. The van der Waals surface area contributed by atoms with Crippen molar-refractivity contribution >= 4 is 5.91 Å². The Morgan fingerprint density at radius 2 is 1.72 bits per heavy atom. The fraction of sp³-hybridized carbons (Fsp3) is 0.929. The molecule has 0 atom stereocenters. The summed E-state index contributed by atoms with van der Waals surface area (Å²) in [4.78, 5) is 11.8. The Morgan fingerprint density at radius 1 is 1.06 bits per heavy atom. The van der Waals surface area contributed by atoms with Gasteiger partial charge in [0.15, 0.2) is 0 Å². The van der Waals surface area contributed by atoms with E-state index in [1.54, 1.807) is 0 Å². The quantitative estimate of drug-likeness (QED) is 0.798. The van der Waals surface area contributed by atoms with Crippen molar-refractivity contribution in [3.8, 4) is 0 Å². The van der Waals surface area contributed by atoms with Crippen LogP contribution in [-0.2, 0) is 9.53 Å². The van der Waals surface area contributed by atoms with Crippen LogP contribution in [0.5, 0.6) is 0 Å². The minimum Gasteiger partial charge on any atom is -0.381 e. The van der Waals surface area contributed by atoms with Crippen LogP contribution in [-0.4, -0.2) is 37.7 Å². The van der Waals surface area contributed by atoms with Crippen molar-refractivity contribution in [1.82, 2.24) is 10.6 Å². The molecule has 2 rings (SSSR count). The van der Waals surface area contributed by atoms with Crippen molar-refractivity contribution in [2.45, 2.75) is 57.5 Å². The van der Waals surface area contributed by atoms with Gasteiger partial charge in [0.05, 0.1) is 6.54 Å². The van der Waals surface area contributed by atoms with Crippen molar-refractivity contribution in [1.29, 1.82) is 0 Å². The number of rotatable bonds is 4. The Morgan fingerprint density at radius 3 is 2.39 bits per heavy atom. The van der Waals surface area contributed by atoms with Crippen LogP contribution in [0.25, 0.3) is 0 Å². The van der Waals surface area contributed by atoms with Gasteiger partial charge in [0.2, 0.25) is 5.91 Å². The molecule has 2 N–H and O–H groups in total. The Bertz CT molecular complexity index is 257.